The summed E-state index contributed by atoms with van der Waals surface area (Å²) in [6, 6.07) is 23.5. The van der Waals surface area contributed by atoms with E-state index in [4.69, 9.17) is 49.0 Å². The Morgan fingerprint density at radius 3 is 2.49 bits per heavy atom. The third-order valence-electron chi connectivity index (χ3n) is 12.7. The Morgan fingerprint density at radius 1 is 0.984 bits per heavy atom. The number of hydrogen-bond donors (Lipinski definition) is 3. The highest BCUT2D eigenvalue weighted by atomic mass is 35.5. The fourth-order valence-electron chi connectivity index (χ4n) is 8.98. The van der Waals surface area contributed by atoms with Gasteiger partial charge in [0, 0.05) is 67.4 Å². The van der Waals surface area contributed by atoms with Crippen LogP contribution in [0.3, 0.4) is 0 Å². The number of carboxylic acids is 1. The lowest BCUT2D eigenvalue weighted by atomic mass is 9.73. The van der Waals surface area contributed by atoms with Crippen molar-refractivity contribution in [1.82, 2.24) is 14.8 Å². The molecular weight excluding hydrogens is 863 g/mol. The van der Waals surface area contributed by atoms with E-state index in [1.807, 2.05) is 60.4 Å². The summed E-state index contributed by atoms with van der Waals surface area (Å²) in [4.78, 5) is 19.3. The number of alkyl halides is 1. The van der Waals surface area contributed by atoms with Crippen molar-refractivity contribution in [3.05, 3.63) is 141 Å². The first kappa shape index (κ1) is 46.5. The maximum absolute atomic E-state index is 12.2. The normalized spacial score (nSPS) is 26.4. The van der Waals surface area contributed by atoms with Gasteiger partial charge in [-0.3, -0.25) is 14.7 Å². The third-order valence-corrected chi connectivity index (χ3v) is 13.7. The van der Waals surface area contributed by atoms with E-state index in [1.165, 1.54) is 6.20 Å². The largest absolute Gasteiger partial charge is 0.488 e. The molecule has 2 fully saturated rings. The second kappa shape index (κ2) is 19.7. The van der Waals surface area contributed by atoms with Gasteiger partial charge in [-0.2, -0.15) is 5.26 Å². The summed E-state index contributed by atoms with van der Waals surface area (Å²) in [5.41, 5.74) is 0.112. The molecule has 3 N–H and O–H groups in total. The Labute approximate surface area is 384 Å². The monoisotopic (exact) mass is 914 g/mol. The molecule has 2 aliphatic heterocycles. The number of aliphatic hydroxyl groups is 2. The average molecular weight is 916 g/mol. The van der Waals surface area contributed by atoms with Crippen LogP contribution in [0.2, 0.25) is 10.0 Å². The number of nitrogens with zero attached hydrogens (tertiary/aromatic N) is 4. The number of carbonyl (C=O) groups is 1. The summed E-state index contributed by atoms with van der Waals surface area (Å²) >= 11 is 20.8. The van der Waals surface area contributed by atoms with Gasteiger partial charge in [-0.25, -0.2) is 0 Å². The number of aromatic nitrogens is 1. The Kier molecular flexibility index (Phi) is 14.6. The molecule has 332 valence electrons. The summed E-state index contributed by atoms with van der Waals surface area (Å²) in [5, 5.41) is 43.6. The molecule has 2 saturated heterocycles. The summed E-state index contributed by atoms with van der Waals surface area (Å²) in [6.45, 7) is 6.22. The molecule has 63 heavy (non-hydrogen) atoms. The minimum Gasteiger partial charge on any atom is -0.488 e. The van der Waals surface area contributed by atoms with Gasteiger partial charge in [0.05, 0.1) is 10.6 Å². The quantitative estimate of drug-likeness (QED) is 0.0732. The van der Waals surface area contributed by atoms with Crippen molar-refractivity contribution < 1.29 is 34.3 Å². The van der Waals surface area contributed by atoms with Crippen LogP contribution in [0.15, 0.2) is 103 Å². The molecule has 3 aromatic carbocycles. The van der Waals surface area contributed by atoms with Crippen molar-refractivity contribution in [2.75, 3.05) is 39.4 Å². The zero-order valence-corrected chi connectivity index (χ0v) is 37.7. The van der Waals surface area contributed by atoms with E-state index in [-0.39, 0.29) is 32.9 Å². The van der Waals surface area contributed by atoms with Gasteiger partial charge in [0.25, 0.3) is 0 Å². The number of likely N-dealkylation sites (tertiary alicyclic amines) is 2. The number of nitriles is 1. The van der Waals surface area contributed by atoms with Gasteiger partial charge in [-0.15, -0.1) is 11.6 Å². The van der Waals surface area contributed by atoms with Gasteiger partial charge in [-0.05, 0) is 93.1 Å². The maximum Gasteiger partial charge on any atom is 0.320 e. The first-order valence-electron chi connectivity index (χ1n) is 21.2. The SMILES string of the molecule is CC1(Cl)C(c2ccccc2)=CC=CC1(COc1cc(OCc2cncc(C#N)c2)c(CN2CCCC[C@H]2C(=O)O)cc1Cl)OCCCN1CC[C@@](O)(c2ccc(Cl)cc2)[C@](C)(O)C1. The molecule has 0 spiro atoms. The zero-order valence-electron chi connectivity index (χ0n) is 35.5. The molecule has 2 unspecified atom stereocenters. The topological polar surface area (TPSA) is 149 Å². The Morgan fingerprint density at radius 2 is 1.76 bits per heavy atom. The van der Waals surface area contributed by atoms with Crippen LogP contribution >= 0.6 is 34.8 Å². The van der Waals surface area contributed by atoms with Crippen molar-refractivity contribution in [3.8, 4) is 17.6 Å². The molecule has 3 heterocycles. The van der Waals surface area contributed by atoms with Crippen LogP contribution in [-0.2, 0) is 28.3 Å². The Balaban J connectivity index is 1.12. The Hall–Kier alpha value is -4.48. The number of aliphatic carboxylic acids is 1. The number of allylic oxidation sites excluding steroid dienone is 2. The molecule has 0 amide bonds. The molecule has 4 aromatic rings. The number of ether oxygens (including phenoxy) is 3. The number of halogens is 3. The molecule has 1 aromatic heterocycles. The number of hydrogen-bond acceptors (Lipinski definition) is 10. The first-order chi connectivity index (χ1) is 30.1. The van der Waals surface area contributed by atoms with Crippen molar-refractivity contribution in [2.24, 2.45) is 0 Å². The van der Waals surface area contributed by atoms with Gasteiger partial charge in [0.1, 0.15) is 58.5 Å². The van der Waals surface area contributed by atoms with Gasteiger partial charge in [0.15, 0.2) is 0 Å². The standard InChI is InChI=1S/C49H53Cl3N4O7/c1-46(59)32-55(22-19-49(46,60)38-14-16-39(50)17-15-38)20-9-23-63-48(18-8-12-40(47(48,2)52)36-10-4-3-5-11-36)33-62-44-26-43(61-31-35-24-34(27-53)28-54-29-35)37(25-41(44)51)30-56-21-7-6-13-42(56)45(57)58/h3-5,8,10-12,14-18,24-26,28-29,42,59-60H,6-7,9,13,19-23,30-33H2,1-2H3,(H,57,58)/t42-,46+,47?,48?,49+/m0/s1. The smallest absolute Gasteiger partial charge is 0.320 e. The summed E-state index contributed by atoms with van der Waals surface area (Å²) in [6.07, 6.45) is 12.1. The van der Waals surface area contributed by atoms with E-state index >= 15 is 0 Å². The predicted octanol–water partition coefficient (Wildman–Crippen LogP) is 8.80. The molecule has 14 heteroatoms. The van der Waals surface area contributed by atoms with E-state index < -0.39 is 33.7 Å². The first-order valence-corrected chi connectivity index (χ1v) is 22.4. The third kappa shape index (κ3) is 10.3. The van der Waals surface area contributed by atoms with Crippen molar-refractivity contribution in [3.63, 3.8) is 0 Å². The molecule has 0 saturated carbocycles. The van der Waals surface area contributed by atoms with Gasteiger partial charge in [-0.1, -0.05) is 84.2 Å². The fourth-order valence-corrected chi connectivity index (χ4v) is 9.69. The molecule has 0 bridgehead atoms. The van der Waals surface area contributed by atoms with Gasteiger partial charge in [0.2, 0.25) is 0 Å². The highest BCUT2D eigenvalue weighted by molar-refractivity contribution is 6.32. The van der Waals surface area contributed by atoms with E-state index in [0.717, 1.165) is 24.0 Å². The molecule has 3 aliphatic rings. The molecular formula is C49H53Cl3N4O7. The molecule has 11 nitrogen and oxygen atoms in total. The van der Waals surface area contributed by atoms with E-state index in [9.17, 15) is 25.4 Å². The van der Waals surface area contributed by atoms with Crippen molar-refractivity contribution in [1.29, 1.82) is 5.26 Å². The van der Waals surface area contributed by atoms with Crippen LogP contribution < -0.4 is 9.47 Å². The molecule has 0 radical (unpaired) electrons. The number of rotatable bonds is 16. The highest BCUT2D eigenvalue weighted by Gasteiger charge is 2.53. The second-order valence-corrected chi connectivity index (χ2v) is 18.6. The van der Waals surface area contributed by atoms with Crippen LogP contribution in [0.1, 0.15) is 73.8 Å². The minimum atomic E-state index is -1.43. The molecule has 5 atom stereocenters. The van der Waals surface area contributed by atoms with Crippen molar-refractivity contribution >= 4 is 46.3 Å². The lowest BCUT2D eigenvalue weighted by Gasteiger charge is -2.49. The molecule has 1 aliphatic carbocycles. The lowest BCUT2D eigenvalue weighted by molar-refractivity contribution is -0.187. The highest BCUT2D eigenvalue weighted by Crippen LogP contribution is 2.48. The van der Waals surface area contributed by atoms with Gasteiger partial charge >= 0.3 is 5.97 Å². The number of carboxylic acid groups (broad SMARTS) is 1. The van der Waals surface area contributed by atoms with E-state index in [0.29, 0.717) is 82.7 Å². The van der Waals surface area contributed by atoms with Crippen LogP contribution in [0.5, 0.6) is 11.5 Å². The molecule has 7 rings (SSSR count). The van der Waals surface area contributed by atoms with Crippen molar-refractivity contribution in [2.45, 2.75) is 86.8 Å². The van der Waals surface area contributed by atoms with Crippen LogP contribution in [0.25, 0.3) is 5.57 Å². The minimum absolute atomic E-state index is 0.0416. The predicted molar refractivity (Wildman–Crippen MR) is 244 cm³/mol. The van der Waals surface area contributed by atoms with Crippen LogP contribution in [0, 0.1) is 11.3 Å². The second-order valence-electron chi connectivity index (χ2n) is 17.0. The number of pyridine rings is 1. The average Bonchev–Trinajstić information content (AvgIpc) is 3.27. The van der Waals surface area contributed by atoms with Crippen LogP contribution in [-0.4, -0.2) is 97.6 Å². The Bertz CT molecular complexity index is 2350. The summed E-state index contributed by atoms with van der Waals surface area (Å²) < 4.78 is 19.9. The lowest BCUT2D eigenvalue weighted by Crippen LogP contribution is -2.61. The maximum atomic E-state index is 12.2. The van der Waals surface area contributed by atoms with Crippen LogP contribution in [0.4, 0.5) is 0 Å². The zero-order chi connectivity index (χ0) is 44.8. The number of piperidine rings is 2. The van der Waals surface area contributed by atoms with E-state index in [1.54, 1.807) is 55.6 Å². The summed E-state index contributed by atoms with van der Waals surface area (Å²) in [7, 11) is 0. The van der Waals surface area contributed by atoms with E-state index in [2.05, 4.69) is 16.0 Å². The van der Waals surface area contributed by atoms with Gasteiger partial charge < -0.3 is 34.4 Å². The number of benzene rings is 3. The summed E-state index contributed by atoms with van der Waals surface area (Å²) in [5.74, 6) is -0.110. The number of β-amino-alcohol motifs (C(OH)–C–C–N with tert-alkyl or cyclic N) is 1. The fraction of sp³-hybridized carbons (Fsp3) is 0.408.